The van der Waals surface area contributed by atoms with Gasteiger partial charge in [0.15, 0.2) is 11.6 Å². The molecule has 1 N–H and O–H groups in total. The highest BCUT2D eigenvalue weighted by molar-refractivity contribution is 6.51. The monoisotopic (exact) mass is 465 g/mol. The van der Waals surface area contributed by atoms with Crippen molar-refractivity contribution in [1.29, 1.82) is 0 Å². The number of aliphatic hydroxyl groups is 1. The van der Waals surface area contributed by atoms with Crippen LogP contribution in [0.2, 0.25) is 0 Å². The smallest absolute Gasteiger partial charge is 0.300 e. The number of ketones is 1. The Morgan fingerprint density at radius 3 is 2.15 bits per heavy atom. The zero-order valence-electron chi connectivity index (χ0n) is 18.6. The first kappa shape index (κ1) is 23.0. The van der Waals surface area contributed by atoms with Gasteiger partial charge in [-0.3, -0.25) is 14.5 Å². The molecule has 8 heteroatoms. The van der Waals surface area contributed by atoms with E-state index in [1.807, 2.05) is 13.0 Å². The first-order valence-corrected chi connectivity index (χ1v) is 10.3. The van der Waals surface area contributed by atoms with Crippen LogP contribution in [-0.2, 0) is 9.59 Å². The molecule has 0 aromatic heterocycles. The third-order valence-electron chi connectivity index (χ3n) is 5.65. The molecule has 34 heavy (non-hydrogen) atoms. The molecule has 1 fully saturated rings. The predicted octanol–water partition coefficient (Wildman–Crippen LogP) is 4.92. The van der Waals surface area contributed by atoms with E-state index < -0.39 is 35.1 Å². The highest BCUT2D eigenvalue weighted by Gasteiger charge is 2.47. The zero-order valence-corrected chi connectivity index (χ0v) is 18.6. The van der Waals surface area contributed by atoms with Gasteiger partial charge in [0.2, 0.25) is 0 Å². The van der Waals surface area contributed by atoms with E-state index in [1.165, 1.54) is 20.3 Å². The van der Waals surface area contributed by atoms with Gasteiger partial charge in [-0.15, -0.1) is 0 Å². The van der Waals surface area contributed by atoms with E-state index in [4.69, 9.17) is 9.47 Å². The first-order chi connectivity index (χ1) is 16.3. The van der Waals surface area contributed by atoms with Crippen molar-refractivity contribution in [1.82, 2.24) is 0 Å². The second kappa shape index (κ2) is 8.97. The summed E-state index contributed by atoms with van der Waals surface area (Å²) in [5.74, 6) is -4.31. The van der Waals surface area contributed by atoms with Gasteiger partial charge >= 0.3 is 0 Å². The van der Waals surface area contributed by atoms with Crippen molar-refractivity contribution >= 4 is 23.1 Å². The van der Waals surface area contributed by atoms with Gasteiger partial charge in [0.25, 0.3) is 11.7 Å². The summed E-state index contributed by atoms with van der Waals surface area (Å²) in [6.07, 6.45) is 0. The Balaban J connectivity index is 2.03. The summed E-state index contributed by atoms with van der Waals surface area (Å²) in [6, 6.07) is 13.6. The molecule has 1 aliphatic heterocycles. The quantitative estimate of drug-likeness (QED) is 0.329. The lowest BCUT2D eigenvalue weighted by Crippen LogP contribution is -2.29. The SMILES string of the molecule is COc1cccc(OC)c1/C(O)=C1\C(=O)C(=O)N(c2ccc(F)c(F)c2)C1c1cccc(C)c1. The molecule has 3 aromatic rings. The third-order valence-corrected chi connectivity index (χ3v) is 5.65. The minimum Gasteiger partial charge on any atom is -0.506 e. The molecule has 1 unspecified atom stereocenters. The average molecular weight is 465 g/mol. The Labute approximate surface area is 194 Å². The second-order valence-corrected chi connectivity index (χ2v) is 7.72. The minimum absolute atomic E-state index is 0.0291. The zero-order chi connectivity index (χ0) is 24.6. The molecule has 4 rings (SSSR count). The molecular weight excluding hydrogens is 444 g/mol. The number of rotatable bonds is 5. The van der Waals surface area contributed by atoms with Crippen molar-refractivity contribution in [2.24, 2.45) is 0 Å². The molecule has 1 saturated heterocycles. The highest BCUT2D eigenvalue weighted by atomic mass is 19.2. The van der Waals surface area contributed by atoms with Crippen molar-refractivity contribution < 1.29 is 33.0 Å². The van der Waals surface area contributed by atoms with E-state index >= 15 is 0 Å². The van der Waals surface area contributed by atoms with Gasteiger partial charge in [-0.25, -0.2) is 8.78 Å². The summed E-state index contributed by atoms with van der Waals surface area (Å²) < 4.78 is 38.4. The molecule has 174 valence electrons. The van der Waals surface area contributed by atoms with Crippen molar-refractivity contribution in [2.75, 3.05) is 19.1 Å². The number of methoxy groups -OCH3 is 2. The van der Waals surface area contributed by atoms with E-state index in [-0.39, 0.29) is 28.3 Å². The van der Waals surface area contributed by atoms with Crippen molar-refractivity contribution in [3.63, 3.8) is 0 Å². The average Bonchev–Trinajstić information content (AvgIpc) is 3.10. The van der Waals surface area contributed by atoms with Crippen LogP contribution in [0.1, 0.15) is 22.7 Å². The second-order valence-electron chi connectivity index (χ2n) is 7.72. The maximum absolute atomic E-state index is 14.1. The Kier molecular flexibility index (Phi) is 6.06. The summed E-state index contributed by atoms with van der Waals surface area (Å²) in [5, 5.41) is 11.4. The van der Waals surface area contributed by atoms with Gasteiger partial charge in [-0.1, -0.05) is 35.9 Å². The van der Waals surface area contributed by atoms with Gasteiger partial charge < -0.3 is 14.6 Å². The van der Waals surface area contributed by atoms with E-state index in [0.717, 1.165) is 22.6 Å². The fourth-order valence-electron chi connectivity index (χ4n) is 4.11. The van der Waals surface area contributed by atoms with Gasteiger partial charge in [-0.2, -0.15) is 0 Å². The summed E-state index contributed by atoms with van der Waals surface area (Å²) in [6.45, 7) is 1.83. The van der Waals surface area contributed by atoms with Gasteiger partial charge in [0, 0.05) is 11.8 Å². The van der Waals surface area contributed by atoms with Gasteiger partial charge in [-0.05, 0) is 36.8 Å². The number of hydrogen-bond acceptors (Lipinski definition) is 5. The molecule has 1 amide bonds. The normalized spacial score (nSPS) is 17.2. The number of aliphatic hydroxyl groups excluding tert-OH is 1. The molecule has 1 aliphatic rings. The Bertz CT molecular complexity index is 1310. The third kappa shape index (κ3) is 3.77. The van der Waals surface area contributed by atoms with E-state index in [9.17, 15) is 23.5 Å². The van der Waals surface area contributed by atoms with Gasteiger partial charge in [0.05, 0.1) is 25.8 Å². The number of ether oxygens (including phenoxy) is 2. The van der Waals surface area contributed by atoms with Crippen LogP contribution in [0.15, 0.2) is 66.2 Å². The molecule has 0 saturated carbocycles. The molecule has 1 heterocycles. The number of nitrogens with zero attached hydrogens (tertiary/aromatic N) is 1. The van der Waals surface area contributed by atoms with Crippen LogP contribution < -0.4 is 14.4 Å². The van der Waals surface area contributed by atoms with Crippen LogP contribution in [0.25, 0.3) is 5.76 Å². The molecule has 1 atom stereocenters. The van der Waals surface area contributed by atoms with E-state index in [0.29, 0.717) is 5.56 Å². The number of amides is 1. The number of Topliss-reactive ketones (excluding diaryl/α,β-unsaturated/α-hetero) is 1. The standard InChI is InChI=1S/C26H21F2NO5/c1-14-6-4-7-15(12-14)23-22(24(30)21-19(33-2)8-5-9-20(21)34-3)25(31)26(32)29(23)16-10-11-17(27)18(28)13-16/h4-13,23,30H,1-3H3/b24-22+. The van der Waals surface area contributed by atoms with E-state index in [2.05, 4.69) is 0 Å². The molecule has 0 aliphatic carbocycles. The highest BCUT2D eigenvalue weighted by Crippen LogP contribution is 2.45. The van der Waals surface area contributed by atoms with Crippen LogP contribution in [0.5, 0.6) is 11.5 Å². The predicted molar refractivity (Wildman–Crippen MR) is 122 cm³/mol. The Morgan fingerprint density at radius 2 is 1.56 bits per heavy atom. The number of halogens is 2. The molecule has 6 nitrogen and oxygen atoms in total. The fourth-order valence-corrected chi connectivity index (χ4v) is 4.11. The number of carbonyl (C=O) groups is 2. The number of anilines is 1. The maximum atomic E-state index is 14.1. The van der Waals surface area contributed by atoms with Crippen LogP contribution in [-0.4, -0.2) is 31.0 Å². The van der Waals surface area contributed by atoms with Crippen LogP contribution >= 0.6 is 0 Å². The van der Waals surface area contributed by atoms with Crippen LogP contribution in [0.3, 0.4) is 0 Å². The largest absolute Gasteiger partial charge is 0.506 e. The lowest BCUT2D eigenvalue weighted by molar-refractivity contribution is -0.132. The number of carbonyl (C=O) groups excluding carboxylic acids is 2. The van der Waals surface area contributed by atoms with Crippen molar-refractivity contribution in [3.05, 3.63) is 94.6 Å². The maximum Gasteiger partial charge on any atom is 0.300 e. The fraction of sp³-hybridized carbons (Fsp3) is 0.154. The summed E-state index contributed by atoms with van der Waals surface area (Å²) in [7, 11) is 2.78. The topological polar surface area (TPSA) is 76.1 Å². The molecular formula is C26H21F2NO5. The molecule has 3 aromatic carbocycles. The summed E-state index contributed by atoms with van der Waals surface area (Å²) in [4.78, 5) is 27.5. The number of aryl methyl sites for hydroxylation is 1. The first-order valence-electron chi connectivity index (χ1n) is 10.3. The summed E-state index contributed by atoms with van der Waals surface area (Å²) >= 11 is 0. The van der Waals surface area contributed by atoms with Crippen molar-refractivity contribution in [3.8, 4) is 11.5 Å². The lowest BCUT2D eigenvalue weighted by Gasteiger charge is -2.26. The van der Waals surface area contributed by atoms with Crippen LogP contribution in [0, 0.1) is 18.6 Å². The minimum atomic E-state index is -1.17. The molecule has 0 radical (unpaired) electrons. The Hall–Kier alpha value is -4.20. The van der Waals surface area contributed by atoms with E-state index in [1.54, 1.807) is 36.4 Å². The molecule has 0 bridgehead atoms. The number of hydrogen-bond donors (Lipinski definition) is 1. The lowest BCUT2D eigenvalue weighted by atomic mass is 9.93. The molecule has 0 spiro atoms. The number of benzene rings is 3. The van der Waals surface area contributed by atoms with Crippen LogP contribution in [0.4, 0.5) is 14.5 Å². The van der Waals surface area contributed by atoms with Gasteiger partial charge in [0.1, 0.15) is 22.8 Å². The van der Waals surface area contributed by atoms with Crippen molar-refractivity contribution in [2.45, 2.75) is 13.0 Å². The summed E-state index contributed by atoms with van der Waals surface area (Å²) in [5.41, 5.74) is 1.16. The Morgan fingerprint density at radius 1 is 0.912 bits per heavy atom.